The average Bonchev–Trinajstić information content (AvgIpc) is 3.36. The number of esters is 1. The number of hydrogen-bond acceptors (Lipinski definition) is 8. The summed E-state index contributed by atoms with van der Waals surface area (Å²) >= 11 is 0. The van der Waals surface area contributed by atoms with Gasteiger partial charge in [0.15, 0.2) is 5.78 Å². The van der Waals surface area contributed by atoms with Gasteiger partial charge >= 0.3 is 5.97 Å². The van der Waals surface area contributed by atoms with Gasteiger partial charge in [0.05, 0.1) is 38.9 Å². The van der Waals surface area contributed by atoms with Gasteiger partial charge in [0.25, 0.3) is 0 Å². The summed E-state index contributed by atoms with van der Waals surface area (Å²) in [5.41, 5.74) is -0.119. The van der Waals surface area contributed by atoms with Gasteiger partial charge in [-0.15, -0.1) is 0 Å². The molecule has 0 bridgehead atoms. The van der Waals surface area contributed by atoms with Crippen molar-refractivity contribution >= 4 is 29.3 Å². The number of imide groups is 1. The van der Waals surface area contributed by atoms with Crippen LogP contribution < -0.4 is 19.7 Å². The topological polar surface area (TPSA) is 111 Å². The van der Waals surface area contributed by atoms with Crippen LogP contribution in [0.1, 0.15) is 48.7 Å². The standard InChI is InChI=1S/C27H30N2O7/c1-6-12-27(26(33)36-5)22-21(23(28-27)19-11-10-18(34-3)14-20(19)35-4)24(31)29(25(22)32)17-9-7-8-16(13-17)15(2)30/h7-11,13-14,21-23,28H,6,12H2,1-5H3/t21-,22+,23-,27-/m0/s1. The number of benzene rings is 2. The summed E-state index contributed by atoms with van der Waals surface area (Å²) in [6.45, 7) is 3.32. The van der Waals surface area contributed by atoms with Gasteiger partial charge in [0, 0.05) is 23.2 Å². The fourth-order valence-corrected chi connectivity index (χ4v) is 5.56. The van der Waals surface area contributed by atoms with Gasteiger partial charge in [-0.2, -0.15) is 0 Å². The summed E-state index contributed by atoms with van der Waals surface area (Å²) in [5.74, 6) is -2.63. The lowest BCUT2D eigenvalue weighted by Gasteiger charge is -2.32. The van der Waals surface area contributed by atoms with E-state index in [1.807, 2.05) is 6.92 Å². The second kappa shape index (κ2) is 9.73. The van der Waals surface area contributed by atoms with Crippen molar-refractivity contribution in [2.75, 3.05) is 26.2 Å². The zero-order valence-electron chi connectivity index (χ0n) is 21.0. The molecule has 2 aliphatic heterocycles. The Morgan fingerprint density at radius 3 is 2.39 bits per heavy atom. The highest BCUT2D eigenvalue weighted by Gasteiger charge is 2.68. The Kier molecular flexibility index (Phi) is 6.86. The number of carbonyl (C=O) groups excluding carboxylic acids is 4. The highest BCUT2D eigenvalue weighted by atomic mass is 16.5. The second-order valence-corrected chi connectivity index (χ2v) is 9.06. The lowest BCUT2D eigenvalue weighted by atomic mass is 9.77. The van der Waals surface area contributed by atoms with Crippen molar-refractivity contribution in [2.24, 2.45) is 11.8 Å². The zero-order chi connectivity index (χ0) is 26.2. The summed E-state index contributed by atoms with van der Waals surface area (Å²) in [6, 6.07) is 10.9. The van der Waals surface area contributed by atoms with Crippen LogP contribution in [0.25, 0.3) is 0 Å². The van der Waals surface area contributed by atoms with Gasteiger partial charge in [-0.05, 0) is 31.5 Å². The van der Waals surface area contributed by atoms with Crippen molar-refractivity contribution in [3.05, 3.63) is 53.6 Å². The maximum Gasteiger partial charge on any atom is 0.326 e. The number of Topliss-reactive ketones (excluding diaryl/α,β-unsaturated/α-hetero) is 1. The molecule has 2 aromatic rings. The number of nitrogens with zero attached hydrogens (tertiary/aromatic N) is 1. The Balaban J connectivity index is 1.90. The first kappa shape index (κ1) is 25.4. The predicted octanol–water partition coefficient (Wildman–Crippen LogP) is 3.07. The van der Waals surface area contributed by atoms with Crippen molar-refractivity contribution in [1.29, 1.82) is 0 Å². The minimum Gasteiger partial charge on any atom is -0.497 e. The lowest BCUT2D eigenvalue weighted by Crippen LogP contribution is -2.56. The number of fused-ring (bicyclic) bond motifs is 1. The van der Waals surface area contributed by atoms with Crippen molar-refractivity contribution in [2.45, 2.75) is 38.3 Å². The molecule has 2 amide bonds. The number of amides is 2. The van der Waals surface area contributed by atoms with Gasteiger partial charge in [-0.3, -0.25) is 24.5 Å². The van der Waals surface area contributed by atoms with Crippen LogP contribution in [0.3, 0.4) is 0 Å². The fourth-order valence-electron chi connectivity index (χ4n) is 5.56. The molecule has 2 aliphatic rings. The van der Waals surface area contributed by atoms with E-state index >= 15 is 0 Å². The largest absolute Gasteiger partial charge is 0.497 e. The summed E-state index contributed by atoms with van der Waals surface area (Å²) in [6.07, 6.45) is 0.856. The van der Waals surface area contributed by atoms with Crippen LogP contribution in [-0.4, -0.2) is 50.4 Å². The number of anilines is 1. The molecule has 0 spiro atoms. The summed E-state index contributed by atoms with van der Waals surface area (Å²) in [4.78, 5) is 54.2. The van der Waals surface area contributed by atoms with Crippen LogP contribution in [0.2, 0.25) is 0 Å². The van der Waals surface area contributed by atoms with E-state index in [-0.39, 0.29) is 12.2 Å². The molecule has 0 aliphatic carbocycles. The number of methoxy groups -OCH3 is 3. The van der Waals surface area contributed by atoms with E-state index in [9.17, 15) is 19.2 Å². The van der Waals surface area contributed by atoms with Crippen LogP contribution in [-0.2, 0) is 19.1 Å². The van der Waals surface area contributed by atoms with Crippen molar-refractivity contribution in [1.82, 2.24) is 5.32 Å². The van der Waals surface area contributed by atoms with E-state index in [0.717, 1.165) is 4.90 Å². The number of carbonyl (C=O) groups is 4. The van der Waals surface area contributed by atoms with Gasteiger partial charge in [0.2, 0.25) is 11.8 Å². The van der Waals surface area contributed by atoms with Crippen LogP contribution in [0, 0.1) is 11.8 Å². The molecule has 190 valence electrons. The Bertz CT molecular complexity index is 1230. The van der Waals surface area contributed by atoms with Crippen LogP contribution in [0.15, 0.2) is 42.5 Å². The molecule has 2 fully saturated rings. The minimum atomic E-state index is -1.41. The molecule has 0 radical (unpaired) electrons. The maximum atomic E-state index is 14.0. The molecule has 0 aromatic heterocycles. The molecule has 0 saturated carbocycles. The summed E-state index contributed by atoms with van der Waals surface area (Å²) in [7, 11) is 4.31. The Labute approximate surface area is 209 Å². The molecule has 2 heterocycles. The predicted molar refractivity (Wildman–Crippen MR) is 131 cm³/mol. The first-order valence-corrected chi connectivity index (χ1v) is 11.8. The van der Waals surface area contributed by atoms with E-state index in [1.54, 1.807) is 36.4 Å². The average molecular weight is 495 g/mol. The SMILES string of the molecule is CCC[C@]1(C(=O)OC)N[C@@H](c2ccc(OC)cc2OC)[C@H]2C(=O)N(c3cccc(C(C)=O)c3)C(=O)[C@@H]21. The molecule has 9 heteroatoms. The number of hydrogen-bond donors (Lipinski definition) is 1. The summed E-state index contributed by atoms with van der Waals surface area (Å²) < 4.78 is 16.1. The van der Waals surface area contributed by atoms with E-state index in [0.29, 0.717) is 34.7 Å². The monoisotopic (exact) mass is 494 g/mol. The molecule has 1 N–H and O–H groups in total. The Morgan fingerprint density at radius 1 is 1.03 bits per heavy atom. The molecule has 9 nitrogen and oxygen atoms in total. The smallest absolute Gasteiger partial charge is 0.326 e. The molecular weight excluding hydrogens is 464 g/mol. The zero-order valence-corrected chi connectivity index (χ0v) is 21.0. The Morgan fingerprint density at radius 2 is 1.78 bits per heavy atom. The van der Waals surface area contributed by atoms with Gasteiger partial charge < -0.3 is 14.2 Å². The molecule has 4 atom stereocenters. The fraction of sp³-hybridized carbons (Fsp3) is 0.407. The molecular formula is C27H30N2O7. The normalized spacial score (nSPS) is 25.0. The third-order valence-electron chi connectivity index (χ3n) is 7.13. The van der Waals surface area contributed by atoms with Crippen molar-refractivity contribution in [3.8, 4) is 11.5 Å². The second-order valence-electron chi connectivity index (χ2n) is 9.06. The van der Waals surface area contributed by atoms with E-state index in [2.05, 4.69) is 5.32 Å². The maximum absolute atomic E-state index is 14.0. The first-order chi connectivity index (χ1) is 17.2. The van der Waals surface area contributed by atoms with Gasteiger partial charge in [-0.25, -0.2) is 4.90 Å². The number of rotatable bonds is 8. The minimum absolute atomic E-state index is 0.187. The van der Waals surface area contributed by atoms with Crippen LogP contribution >= 0.6 is 0 Å². The van der Waals surface area contributed by atoms with E-state index in [1.165, 1.54) is 34.3 Å². The van der Waals surface area contributed by atoms with Crippen LogP contribution in [0.5, 0.6) is 11.5 Å². The highest BCUT2D eigenvalue weighted by molar-refractivity contribution is 6.24. The quantitative estimate of drug-likeness (QED) is 0.339. The van der Waals surface area contributed by atoms with E-state index < -0.39 is 41.2 Å². The number of nitrogens with one attached hydrogen (secondary N) is 1. The van der Waals surface area contributed by atoms with Crippen LogP contribution in [0.4, 0.5) is 5.69 Å². The van der Waals surface area contributed by atoms with E-state index in [4.69, 9.17) is 14.2 Å². The third kappa shape index (κ3) is 3.83. The van der Waals surface area contributed by atoms with Gasteiger partial charge in [0.1, 0.15) is 17.0 Å². The molecule has 2 aromatic carbocycles. The molecule has 0 unspecified atom stereocenters. The summed E-state index contributed by atoms with van der Waals surface area (Å²) in [5, 5.41) is 3.33. The van der Waals surface area contributed by atoms with Gasteiger partial charge in [-0.1, -0.05) is 31.5 Å². The number of ketones is 1. The molecule has 36 heavy (non-hydrogen) atoms. The highest BCUT2D eigenvalue weighted by Crippen LogP contribution is 2.53. The third-order valence-corrected chi connectivity index (χ3v) is 7.13. The molecule has 4 rings (SSSR count). The Hall–Kier alpha value is -3.72. The number of ether oxygens (including phenoxy) is 3. The first-order valence-electron chi connectivity index (χ1n) is 11.8. The van der Waals surface area contributed by atoms with Crippen molar-refractivity contribution < 1.29 is 33.4 Å². The van der Waals surface area contributed by atoms with Crippen molar-refractivity contribution in [3.63, 3.8) is 0 Å². The lowest BCUT2D eigenvalue weighted by molar-refractivity contribution is -0.152. The molecule has 2 saturated heterocycles.